The lowest BCUT2D eigenvalue weighted by Crippen LogP contribution is -2.60. The molecule has 0 aromatic heterocycles. The number of likely N-dealkylation sites (N-methyl/N-ethyl adjacent to an activating group) is 1. The number of hydrogen-bond acceptors (Lipinski definition) is 3. The van der Waals surface area contributed by atoms with Gasteiger partial charge in [0.25, 0.3) is 0 Å². The molecule has 3 nitrogen and oxygen atoms in total. The van der Waals surface area contributed by atoms with Gasteiger partial charge in [-0.1, -0.05) is 18.2 Å². The molecule has 0 saturated carbocycles. The summed E-state index contributed by atoms with van der Waals surface area (Å²) >= 11 is 0. The van der Waals surface area contributed by atoms with Gasteiger partial charge in [-0.3, -0.25) is 4.90 Å². The van der Waals surface area contributed by atoms with Crippen molar-refractivity contribution in [2.24, 2.45) is 5.73 Å². The number of nitrogens with two attached hydrogens (primary N) is 1. The van der Waals surface area contributed by atoms with Crippen LogP contribution < -0.4 is 5.73 Å². The fourth-order valence-corrected chi connectivity index (χ4v) is 4.23. The molecule has 2 aliphatic rings. The molecule has 2 bridgehead atoms. The molecule has 0 amide bonds. The van der Waals surface area contributed by atoms with Crippen molar-refractivity contribution in [3.05, 3.63) is 35.6 Å². The molecule has 2 aliphatic heterocycles. The third-order valence-corrected chi connectivity index (χ3v) is 5.77. The molecule has 2 N–H and O–H groups in total. The van der Waals surface area contributed by atoms with E-state index < -0.39 is 0 Å². The summed E-state index contributed by atoms with van der Waals surface area (Å²) in [5.74, 6) is -0.118. The van der Waals surface area contributed by atoms with E-state index in [1.54, 1.807) is 6.07 Å². The Morgan fingerprint density at radius 3 is 2.48 bits per heavy atom. The summed E-state index contributed by atoms with van der Waals surface area (Å²) in [7, 11) is 4.34. The minimum absolute atomic E-state index is 0.0145. The molecule has 4 heteroatoms. The molecule has 2 unspecified atom stereocenters. The van der Waals surface area contributed by atoms with Crippen LogP contribution in [0.4, 0.5) is 4.39 Å². The molecule has 3 rings (SSSR count). The summed E-state index contributed by atoms with van der Waals surface area (Å²) in [4.78, 5) is 4.81. The van der Waals surface area contributed by atoms with Crippen LogP contribution in [-0.2, 0) is 6.54 Å². The molecule has 2 heterocycles. The van der Waals surface area contributed by atoms with Gasteiger partial charge in [0.15, 0.2) is 0 Å². The molecular formula is C17H26FN3. The maximum Gasteiger partial charge on any atom is 0.127 e. The van der Waals surface area contributed by atoms with Crippen LogP contribution in [-0.4, -0.2) is 48.1 Å². The Labute approximate surface area is 126 Å². The molecule has 116 valence electrons. The molecular weight excluding hydrogens is 265 g/mol. The van der Waals surface area contributed by atoms with E-state index in [0.29, 0.717) is 25.2 Å². The second-order valence-corrected chi connectivity index (χ2v) is 6.83. The van der Waals surface area contributed by atoms with Crippen molar-refractivity contribution in [2.45, 2.75) is 49.9 Å². The predicted molar refractivity (Wildman–Crippen MR) is 83.5 cm³/mol. The van der Waals surface area contributed by atoms with E-state index in [-0.39, 0.29) is 11.4 Å². The molecule has 1 aromatic carbocycles. The number of benzene rings is 1. The van der Waals surface area contributed by atoms with E-state index >= 15 is 0 Å². The summed E-state index contributed by atoms with van der Waals surface area (Å²) in [6, 6.07) is 8.33. The Morgan fingerprint density at radius 1 is 1.29 bits per heavy atom. The Balaban J connectivity index is 1.79. The zero-order valence-corrected chi connectivity index (χ0v) is 13.1. The lowest BCUT2D eigenvalue weighted by atomic mass is 9.81. The van der Waals surface area contributed by atoms with Gasteiger partial charge in [0, 0.05) is 36.3 Å². The van der Waals surface area contributed by atoms with Crippen LogP contribution in [0.1, 0.15) is 31.2 Å². The Hall–Kier alpha value is -0.970. The van der Waals surface area contributed by atoms with Gasteiger partial charge in [-0.2, -0.15) is 0 Å². The van der Waals surface area contributed by atoms with Gasteiger partial charge in [-0.15, -0.1) is 0 Å². The topological polar surface area (TPSA) is 32.5 Å². The van der Waals surface area contributed by atoms with E-state index in [9.17, 15) is 4.39 Å². The van der Waals surface area contributed by atoms with Crippen molar-refractivity contribution in [3.8, 4) is 0 Å². The molecule has 0 radical (unpaired) electrons. The molecule has 2 saturated heterocycles. The highest BCUT2D eigenvalue weighted by Crippen LogP contribution is 2.42. The second-order valence-electron chi connectivity index (χ2n) is 6.83. The fourth-order valence-electron chi connectivity index (χ4n) is 4.23. The van der Waals surface area contributed by atoms with Crippen molar-refractivity contribution in [3.63, 3.8) is 0 Å². The van der Waals surface area contributed by atoms with Gasteiger partial charge >= 0.3 is 0 Å². The quantitative estimate of drug-likeness (QED) is 0.923. The van der Waals surface area contributed by atoms with Crippen LogP contribution in [0.15, 0.2) is 24.3 Å². The zero-order chi connectivity index (χ0) is 15.0. The lowest BCUT2D eigenvalue weighted by molar-refractivity contribution is 0.0113. The Morgan fingerprint density at radius 2 is 1.90 bits per heavy atom. The maximum atomic E-state index is 13.9. The van der Waals surface area contributed by atoms with E-state index in [4.69, 9.17) is 5.73 Å². The Bertz CT molecular complexity index is 491. The van der Waals surface area contributed by atoms with Crippen LogP contribution in [0.3, 0.4) is 0 Å². The molecule has 0 spiro atoms. The average molecular weight is 291 g/mol. The number of piperidine rings is 1. The van der Waals surface area contributed by atoms with Gasteiger partial charge < -0.3 is 10.6 Å². The Kier molecular flexibility index (Phi) is 4.04. The molecule has 2 fully saturated rings. The van der Waals surface area contributed by atoms with Gasteiger partial charge in [0.1, 0.15) is 5.82 Å². The van der Waals surface area contributed by atoms with E-state index in [2.05, 4.69) is 23.9 Å². The summed E-state index contributed by atoms with van der Waals surface area (Å²) in [6.45, 7) is 1.28. The monoisotopic (exact) mass is 291 g/mol. The summed E-state index contributed by atoms with van der Waals surface area (Å²) < 4.78 is 13.9. The van der Waals surface area contributed by atoms with E-state index in [1.807, 2.05) is 12.1 Å². The minimum atomic E-state index is -0.118. The van der Waals surface area contributed by atoms with Crippen LogP contribution in [0, 0.1) is 5.82 Å². The van der Waals surface area contributed by atoms with E-state index in [1.165, 1.54) is 18.9 Å². The summed E-state index contributed by atoms with van der Waals surface area (Å²) in [5, 5.41) is 0. The predicted octanol–water partition coefficient (Wildman–Crippen LogP) is 2.21. The standard InChI is InChI=1S/C17H26FN3/c1-20(11-13-5-3-4-6-16(13)18)17(12-19)9-14-7-8-15(10-17)21(14)2/h3-6,14-15H,7-12,19H2,1-2H3. The van der Waals surface area contributed by atoms with Gasteiger partial charge in [-0.05, 0) is 45.8 Å². The van der Waals surface area contributed by atoms with Crippen LogP contribution in [0.5, 0.6) is 0 Å². The largest absolute Gasteiger partial charge is 0.329 e. The van der Waals surface area contributed by atoms with Crippen molar-refractivity contribution in [1.29, 1.82) is 0 Å². The average Bonchev–Trinajstić information content (AvgIpc) is 2.72. The van der Waals surface area contributed by atoms with Crippen molar-refractivity contribution < 1.29 is 4.39 Å². The molecule has 0 aliphatic carbocycles. The van der Waals surface area contributed by atoms with Crippen molar-refractivity contribution in [2.75, 3.05) is 20.6 Å². The van der Waals surface area contributed by atoms with Gasteiger partial charge in [0.05, 0.1) is 0 Å². The fraction of sp³-hybridized carbons (Fsp3) is 0.647. The van der Waals surface area contributed by atoms with Crippen LogP contribution in [0.25, 0.3) is 0 Å². The number of rotatable bonds is 4. The number of fused-ring (bicyclic) bond motifs is 2. The third-order valence-electron chi connectivity index (χ3n) is 5.77. The highest BCUT2D eigenvalue weighted by Gasteiger charge is 2.48. The first kappa shape index (κ1) is 14.9. The summed E-state index contributed by atoms with van der Waals surface area (Å²) in [6.07, 6.45) is 4.75. The molecule has 21 heavy (non-hydrogen) atoms. The minimum Gasteiger partial charge on any atom is -0.329 e. The van der Waals surface area contributed by atoms with Gasteiger partial charge in [0.2, 0.25) is 0 Å². The van der Waals surface area contributed by atoms with Crippen LogP contribution >= 0.6 is 0 Å². The van der Waals surface area contributed by atoms with Gasteiger partial charge in [-0.25, -0.2) is 4.39 Å². The lowest BCUT2D eigenvalue weighted by Gasteiger charge is -2.50. The first-order chi connectivity index (χ1) is 10.1. The van der Waals surface area contributed by atoms with Crippen molar-refractivity contribution in [1.82, 2.24) is 9.80 Å². The maximum absolute atomic E-state index is 13.9. The SMILES string of the molecule is CN1C2CCC1CC(CN)(N(C)Cc1ccccc1F)C2. The van der Waals surface area contributed by atoms with Crippen molar-refractivity contribution >= 4 is 0 Å². The molecule has 2 atom stereocenters. The number of nitrogens with zero attached hydrogens (tertiary/aromatic N) is 2. The first-order valence-electron chi connectivity index (χ1n) is 7.92. The first-order valence-corrected chi connectivity index (χ1v) is 7.92. The van der Waals surface area contributed by atoms with E-state index in [0.717, 1.165) is 18.4 Å². The number of halogens is 1. The highest BCUT2D eigenvalue weighted by atomic mass is 19.1. The molecule has 1 aromatic rings. The number of hydrogen-bond donors (Lipinski definition) is 1. The highest BCUT2D eigenvalue weighted by molar-refractivity contribution is 5.18. The zero-order valence-electron chi connectivity index (χ0n) is 13.1. The summed E-state index contributed by atoms with van der Waals surface area (Å²) in [5.41, 5.74) is 6.95. The normalized spacial score (nSPS) is 32.8. The van der Waals surface area contributed by atoms with Crippen LogP contribution in [0.2, 0.25) is 0 Å². The smallest absolute Gasteiger partial charge is 0.127 e. The second kappa shape index (κ2) is 5.67. The third kappa shape index (κ3) is 2.60.